The first-order chi connectivity index (χ1) is 10.6. The van der Waals surface area contributed by atoms with Gasteiger partial charge in [-0.2, -0.15) is 0 Å². The summed E-state index contributed by atoms with van der Waals surface area (Å²) >= 11 is 0. The second kappa shape index (κ2) is 6.93. The lowest BCUT2D eigenvalue weighted by Gasteiger charge is -2.13. The molecule has 0 aromatic heterocycles. The van der Waals surface area contributed by atoms with Gasteiger partial charge in [0.2, 0.25) is 0 Å². The largest absolute Gasteiger partial charge is 0.243 e. The van der Waals surface area contributed by atoms with E-state index in [9.17, 15) is 39.5 Å². The molecule has 9 heteroatoms. The van der Waals surface area contributed by atoms with Gasteiger partial charge in [-0.1, -0.05) is 6.58 Å². The van der Waals surface area contributed by atoms with Gasteiger partial charge in [0.1, 0.15) is 12.5 Å². The monoisotopic (exact) mass is 346 g/mol. The molecule has 1 rings (SSSR count). The smallest absolute Gasteiger partial charge is 0.194 e. The highest BCUT2D eigenvalue weighted by molar-refractivity contribution is 5.80. The summed E-state index contributed by atoms with van der Waals surface area (Å²) in [6, 6.07) is 0. The molecule has 0 saturated carbocycles. The van der Waals surface area contributed by atoms with Gasteiger partial charge in [0.15, 0.2) is 40.7 Å². The Kier molecular flexibility index (Phi) is 5.68. The summed E-state index contributed by atoms with van der Waals surface area (Å²) in [5.74, 6) is -18.2. The van der Waals surface area contributed by atoms with Gasteiger partial charge in [-0.25, -0.2) is 39.5 Å². The normalized spacial score (nSPS) is 13.7. The van der Waals surface area contributed by atoms with Crippen LogP contribution in [0.1, 0.15) is 11.1 Å². The highest BCUT2D eigenvalue weighted by Crippen LogP contribution is 2.38. The SMILES string of the molecule is C=C(F)/C(F)=C(F)\C(=C(\F)CF)c1c(F)c(F)c(C)c(F)c1F. The number of hydrogen-bond acceptors (Lipinski definition) is 0. The molecule has 1 aromatic carbocycles. The molecule has 0 radical (unpaired) electrons. The van der Waals surface area contributed by atoms with E-state index in [2.05, 4.69) is 6.58 Å². The Bertz CT molecular complexity index is 699. The number of rotatable bonds is 4. The van der Waals surface area contributed by atoms with Crippen molar-refractivity contribution in [3.05, 3.63) is 64.3 Å². The van der Waals surface area contributed by atoms with Crippen LogP contribution in [0.4, 0.5) is 39.5 Å². The minimum atomic E-state index is -2.60. The van der Waals surface area contributed by atoms with E-state index in [4.69, 9.17) is 0 Å². The Labute approximate surface area is 124 Å². The summed E-state index contributed by atoms with van der Waals surface area (Å²) < 4.78 is 120. The van der Waals surface area contributed by atoms with Crippen LogP contribution in [0.15, 0.2) is 29.9 Å². The third kappa shape index (κ3) is 3.27. The highest BCUT2D eigenvalue weighted by atomic mass is 19.2. The van der Waals surface area contributed by atoms with Crippen LogP contribution < -0.4 is 0 Å². The summed E-state index contributed by atoms with van der Waals surface area (Å²) in [5, 5.41) is 0. The summed E-state index contributed by atoms with van der Waals surface area (Å²) in [6.45, 7) is 0.731. The summed E-state index contributed by atoms with van der Waals surface area (Å²) in [7, 11) is 0. The molecule has 0 fully saturated rings. The molecule has 0 N–H and O–H groups in total. The Hall–Kier alpha value is -2.19. The molecule has 23 heavy (non-hydrogen) atoms. The van der Waals surface area contributed by atoms with Gasteiger partial charge in [0, 0.05) is 5.56 Å². The van der Waals surface area contributed by atoms with Crippen molar-refractivity contribution in [2.24, 2.45) is 0 Å². The van der Waals surface area contributed by atoms with E-state index in [0.717, 1.165) is 0 Å². The topological polar surface area (TPSA) is 0 Å². The molecule has 0 aliphatic carbocycles. The average molecular weight is 346 g/mol. The maximum absolute atomic E-state index is 13.7. The van der Waals surface area contributed by atoms with Crippen molar-refractivity contribution in [2.75, 3.05) is 6.67 Å². The van der Waals surface area contributed by atoms with Crippen molar-refractivity contribution in [1.29, 1.82) is 0 Å². The standard InChI is InChI=1S/C14H7F9/c1-4-9(18)13(22)8(14(23)10(4)19)7(6(17)3-15)12(21)11(20)5(2)16/h2-3H2,1H3/b7-6+,12-11-. The molecule has 126 valence electrons. The van der Waals surface area contributed by atoms with E-state index >= 15 is 0 Å². The molecule has 1 aromatic rings. The molecule has 0 aliphatic heterocycles. The molecular weight excluding hydrogens is 339 g/mol. The first-order valence-corrected chi connectivity index (χ1v) is 5.74. The maximum Gasteiger partial charge on any atom is 0.194 e. The molecule has 0 heterocycles. The van der Waals surface area contributed by atoms with Crippen molar-refractivity contribution in [1.82, 2.24) is 0 Å². The number of hydrogen-bond donors (Lipinski definition) is 0. The molecule has 0 saturated heterocycles. The van der Waals surface area contributed by atoms with Gasteiger partial charge >= 0.3 is 0 Å². The van der Waals surface area contributed by atoms with Gasteiger partial charge in [0.05, 0.1) is 11.1 Å². The molecule has 0 amide bonds. The van der Waals surface area contributed by atoms with Crippen molar-refractivity contribution in [2.45, 2.75) is 6.92 Å². The zero-order valence-electron chi connectivity index (χ0n) is 11.3. The Morgan fingerprint density at radius 2 is 1.26 bits per heavy atom. The van der Waals surface area contributed by atoms with E-state index in [-0.39, 0.29) is 0 Å². The molecular formula is C14H7F9. The van der Waals surface area contributed by atoms with Crippen LogP contribution in [0.3, 0.4) is 0 Å². The van der Waals surface area contributed by atoms with E-state index in [1.807, 2.05) is 0 Å². The molecule has 0 nitrogen and oxygen atoms in total. The molecule has 0 bridgehead atoms. The summed E-state index contributed by atoms with van der Waals surface area (Å²) in [4.78, 5) is 0. The summed E-state index contributed by atoms with van der Waals surface area (Å²) in [6.07, 6.45) is 0. The fourth-order valence-corrected chi connectivity index (χ4v) is 1.62. The first kappa shape index (κ1) is 18.9. The number of benzene rings is 1. The zero-order valence-corrected chi connectivity index (χ0v) is 11.3. The minimum absolute atomic E-state index is 0.617. The van der Waals surface area contributed by atoms with Crippen molar-refractivity contribution in [3.63, 3.8) is 0 Å². The van der Waals surface area contributed by atoms with E-state index in [0.29, 0.717) is 6.92 Å². The zero-order chi connectivity index (χ0) is 18.1. The van der Waals surface area contributed by atoms with Gasteiger partial charge in [-0.3, -0.25) is 0 Å². The molecule has 0 unspecified atom stereocenters. The highest BCUT2D eigenvalue weighted by Gasteiger charge is 2.31. The van der Waals surface area contributed by atoms with Crippen molar-refractivity contribution in [3.8, 4) is 0 Å². The minimum Gasteiger partial charge on any atom is -0.243 e. The lowest BCUT2D eigenvalue weighted by molar-refractivity contribution is 0.433. The average Bonchev–Trinajstić information content (AvgIpc) is 2.52. The van der Waals surface area contributed by atoms with Gasteiger partial charge < -0.3 is 0 Å². The van der Waals surface area contributed by atoms with Crippen molar-refractivity contribution >= 4 is 5.57 Å². The van der Waals surface area contributed by atoms with E-state index < -0.39 is 70.0 Å². The molecule has 0 atom stereocenters. The van der Waals surface area contributed by atoms with Crippen LogP contribution in [0.25, 0.3) is 5.57 Å². The van der Waals surface area contributed by atoms with E-state index in [1.54, 1.807) is 0 Å². The molecule has 0 spiro atoms. The Balaban J connectivity index is 3.96. The van der Waals surface area contributed by atoms with Crippen LogP contribution in [0.2, 0.25) is 0 Å². The van der Waals surface area contributed by atoms with Crippen LogP contribution in [-0.2, 0) is 0 Å². The predicted molar refractivity (Wildman–Crippen MR) is 64.5 cm³/mol. The van der Waals surface area contributed by atoms with Crippen LogP contribution in [0, 0.1) is 30.2 Å². The Morgan fingerprint density at radius 3 is 1.61 bits per heavy atom. The quantitative estimate of drug-likeness (QED) is 0.365. The second-order valence-corrected chi connectivity index (χ2v) is 4.20. The van der Waals surface area contributed by atoms with Crippen molar-refractivity contribution < 1.29 is 39.5 Å². The fraction of sp³-hybridized carbons (Fsp3) is 0.143. The molecule has 0 aliphatic rings. The van der Waals surface area contributed by atoms with Crippen LogP contribution >= 0.6 is 0 Å². The van der Waals surface area contributed by atoms with Gasteiger partial charge in [0.25, 0.3) is 0 Å². The van der Waals surface area contributed by atoms with Gasteiger partial charge in [-0.15, -0.1) is 0 Å². The number of alkyl halides is 1. The maximum atomic E-state index is 13.7. The Morgan fingerprint density at radius 1 is 0.826 bits per heavy atom. The lowest BCUT2D eigenvalue weighted by atomic mass is 9.99. The third-order valence-corrected chi connectivity index (χ3v) is 2.77. The first-order valence-electron chi connectivity index (χ1n) is 5.74. The lowest BCUT2D eigenvalue weighted by Crippen LogP contribution is -2.08. The number of allylic oxidation sites excluding steroid dienone is 5. The second-order valence-electron chi connectivity index (χ2n) is 4.20. The van der Waals surface area contributed by atoms with Crippen LogP contribution in [-0.4, -0.2) is 6.67 Å². The fourth-order valence-electron chi connectivity index (χ4n) is 1.62. The van der Waals surface area contributed by atoms with Crippen LogP contribution in [0.5, 0.6) is 0 Å². The van der Waals surface area contributed by atoms with Gasteiger partial charge in [-0.05, 0) is 6.92 Å². The van der Waals surface area contributed by atoms with E-state index in [1.165, 1.54) is 0 Å². The predicted octanol–water partition coefficient (Wildman–Crippen LogP) is 5.84. The third-order valence-electron chi connectivity index (χ3n) is 2.77. The summed E-state index contributed by atoms with van der Waals surface area (Å²) in [5.41, 5.74) is -5.34. The number of halogens is 9.